The van der Waals surface area contributed by atoms with Gasteiger partial charge >= 0.3 is 0 Å². The molecule has 0 radical (unpaired) electrons. The summed E-state index contributed by atoms with van der Waals surface area (Å²) in [6.45, 7) is 5.26. The van der Waals surface area contributed by atoms with Crippen LogP contribution in [0.1, 0.15) is 17.7 Å². The number of hydrogen-bond donors (Lipinski definition) is 0. The zero-order chi connectivity index (χ0) is 19.3. The van der Waals surface area contributed by atoms with E-state index in [-0.39, 0.29) is 11.2 Å². The van der Waals surface area contributed by atoms with E-state index in [1.165, 1.54) is 11.8 Å². The maximum atomic E-state index is 13.3. The van der Waals surface area contributed by atoms with Gasteiger partial charge in [0.1, 0.15) is 5.25 Å². The van der Waals surface area contributed by atoms with Crippen LogP contribution < -0.4 is 0 Å². The van der Waals surface area contributed by atoms with Crippen molar-refractivity contribution in [1.82, 2.24) is 19.7 Å². The molecule has 1 saturated heterocycles. The Morgan fingerprint density at radius 3 is 2.64 bits per heavy atom. The van der Waals surface area contributed by atoms with E-state index < -0.39 is 0 Å². The van der Waals surface area contributed by atoms with E-state index in [4.69, 9.17) is 4.74 Å². The number of carbonyl (C=O) groups is 1. The average Bonchev–Trinajstić information content (AvgIpc) is 3.42. The fourth-order valence-electron chi connectivity index (χ4n) is 3.19. The van der Waals surface area contributed by atoms with Crippen molar-refractivity contribution in [2.75, 3.05) is 26.3 Å². The van der Waals surface area contributed by atoms with E-state index in [0.717, 1.165) is 28.0 Å². The number of aromatic nitrogens is 3. The molecule has 1 aliphatic rings. The number of hydrogen-bond acceptors (Lipinski definition) is 6. The normalized spacial score (nSPS) is 15.5. The highest BCUT2D eigenvalue weighted by Gasteiger charge is 2.30. The van der Waals surface area contributed by atoms with Crippen molar-refractivity contribution in [2.24, 2.45) is 0 Å². The first kappa shape index (κ1) is 19.2. The summed E-state index contributed by atoms with van der Waals surface area (Å²) in [4.78, 5) is 16.3. The summed E-state index contributed by atoms with van der Waals surface area (Å²) >= 11 is 3.12. The van der Waals surface area contributed by atoms with Gasteiger partial charge in [-0.25, -0.2) is 0 Å². The van der Waals surface area contributed by atoms with Crippen LogP contribution in [0.3, 0.4) is 0 Å². The lowest BCUT2D eigenvalue weighted by Gasteiger charge is -2.30. The highest BCUT2D eigenvalue weighted by molar-refractivity contribution is 8.00. The second kappa shape index (κ2) is 8.89. The zero-order valence-electron chi connectivity index (χ0n) is 15.7. The van der Waals surface area contributed by atoms with E-state index in [0.29, 0.717) is 26.3 Å². The van der Waals surface area contributed by atoms with Crippen molar-refractivity contribution < 1.29 is 9.53 Å². The molecule has 1 unspecified atom stereocenters. The Kier molecular flexibility index (Phi) is 6.09. The molecule has 0 spiro atoms. The number of rotatable bonds is 6. The Morgan fingerprint density at radius 2 is 1.96 bits per heavy atom. The Labute approximate surface area is 172 Å². The van der Waals surface area contributed by atoms with Crippen LogP contribution in [0.15, 0.2) is 53.0 Å². The van der Waals surface area contributed by atoms with E-state index >= 15 is 0 Å². The first-order valence-corrected chi connectivity index (χ1v) is 11.1. The lowest BCUT2D eigenvalue weighted by Crippen LogP contribution is -2.42. The van der Waals surface area contributed by atoms with Gasteiger partial charge in [0.05, 0.1) is 18.1 Å². The van der Waals surface area contributed by atoms with Gasteiger partial charge < -0.3 is 14.2 Å². The summed E-state index contributed by atoms with van der Waals surface area (Å²) in [7, 11) is 0. The van der Waals surface area contributed by atoms with Crippen molar-refractivity contribution in [3.05, 3.63) is 53.4 Å². The Morgan fingerprint density at radius 1 is 1.18 bits per heavy atom. The quantitative estimate of drug-likeness (QED) is 0.576. The molecule has 0 N–H and O–H groups in total. The fraction of sp³-hybridized carbons (Fsp3) is 0.350. The maximum absolute atomic E-state index is 13.3. The minimum Gasteiger partial charge on any atom is -0.378 e. The van der Waals surface area contributed by atoms with Gasteiger partial charge in [0.2, 0.25) is 5.91 Å². The molecule has 0 aliphatic carbocycles. The van der Waals surface area contributed by atoms with Crippen LogP contribution in [-0.2, 0) is 16.1 Å². The highest BCUT2D eigenvalue weighted by atomic mass is 32.2. The molecule has 0 bridgehead atoms. The van der Waals surface area contributed by atoms with Gasteiger partial charge in [-0.15, -0.1) is 21.5 Å². The zero-order valence-corrected chi connectivity index (χ0v) is 17.3. The Hall–Kier alpha value is -2.16. The second-order valence-corrected chi connectivity index (χ2v) is 8.39. The SMILES string of the molecule is CCn1c(SC(C(=O)N2CCOCC2)c2ccccc2)nnc1-c1cccs1. The number of amides is 1. The van der Waals surface area contributed by atoms with E-state index in [9.17, 15) is 4.79 Å². The Bertz CT molecular complexity index is 906. The summed E-state index contributed by atoms with van der Waals surface area (Å²) in [5.74, 6) is 0.952. The van der Waals surface area contributed by atoms with Crippen LogP contribution in [0, 0.1) is 0 Å². The topological polar surface area (TPSA) is 60.2 Å². The summed E-state index contributed by atoms with van der Waals surface area (Å²) in [6, 6.07) is 14.0. The molecule has 28 heavy (non-hydrogen) atoms. The fourth-order valence-corrected chi connectivity index (χ4v) is 5.09. The average molecular weight is 415 g/mol. The third-order valence-corrected chi connectivity index (χ3v) is 6.74. The van der Waals surface area contributed by atoms with Crippen LogP contribution in [0.25, 0.3) is 10.7 Å². The number of morpholine rings is 1. The van der Waals surface area contributed by atoms with Gasteiger partial charge in [-0.1, -0.05) is 48.2 Å². The van der Waals surface area contributed by atoms with E-state index in [1.807, 2.05) is 52.7 Å². The van der Waals surface area contributed by atoms with Gasteiger partial charge in [0, 0.05) is 19.6 Å². The number of thioether (sulfide) groups is 1. The van der Waals surface area contributed by atoms with Crippen molar-refractivity contribution in [3.8, 4) is 10.7 Å². The minimum atomic E-state index is -0.356. The summed E-state index contributed by atoms with van der Waals surface area (Å²) < 4.78 is 7.49. The number of benzene rings is 1. The van der Waals surface area contributed by atoms with Gasteiger partial charge in [-0.2, -0.15) is 0 Å². The molecule has 3 aromatic rings. The molecule has 146 valence electrons. The van der Waals surface area contributed by atoms with Crippen LogP contribution >= 0.6 is 23.1 Å². The first-order valence-electron chi connectivity index (χ1n) is 9.33. The van der Waals surface area contributed by atoms with Crippen molar-refractivity contribution in [1.29, 1.82) is 0 Å². The van der Waals surface area contributed by atoms with Gasteiger partial charge in [-0.3, -0.25) is 4.79 Å². The molecule has 3 heterocycles. The molecule has 1 aliphatic heterocycles. The van der Waals surface area contributed by atoms with Gasteiger partial charge in [0.15, 0.2) is 11.0 Å². The molecule has 2 aromatic heterocycles. The lowest BCUT2D eigenvalue weighted by atomic mass is 10.1. The summed E-state index contributed by atoms with van der Waals surface area (Å²) in [6.07, 6.45) is 0. The van der Waals surface area contributed by atoms with Gasteiger partial charge in [-0.05, 0) is 23.9 Å². The molecule has 8 heteroatoms. The molecule has 0 saturated carbocycles. The first-order chi connectivity index (χ1) is 13.8. The molecule has 1 amide bonds. The van der Waals surface area contributed by atoms with Gasteiger partial charge in [0.25, 0.3) is 0 Å². The molecule has 1 aromatic carbocycles. The molecular weight excluding hydrogens is 392 g/mol. The molecular formula is C20H22N4O2S2. The lowest BCUT2D eigenvalue weighted by molar-refractivity contribution is -0.134. The molecule has 4 rings (SSSR count). The minimum absolute atomic E-state index is 0.0998. The van der Waals surface area contributed by atoms with Crippen LogP contribution in [0.2, 0.25) is 0 Å². The molecule has 6 nitrogen and oxygen atoms in total. The number of ether oxygens (including phenoxy) is 1. The van der Waals surface area contributed by atoms with Crippen LogP contribution in [0.5, 0.6) is 0 Å². The highest BCUT2D eigenvalue weighted by Crippen LogP contribution is 2.37. The predicted octanol–water partition coefficient (Wildman–Crippen LogP) is 3.72. The van der Waals surface area contributed by atoms with Crippen molar-refractivity contribution in [2.45, 2.75) is 23.9 Å². The third-order valence-electron chi connectivity index (χ3n) is 4.65. The molecule has 1 atom stereocenters. The summed E-state index contributed by atoms with van der Waals surface area (Å²) in [5.41, 5.74) is 0.979. The number of thiophene rings is 1. The third kappa shape index (κ3) is 3.99. The van der Waals surface area contributed by atoms with E-state index in [1.54, 1.807) is 11.3 Å². The monoisotopic (exact) mass is 414 g/mol. The molecule has 1 fully saturated rings. The van der Waals surface area contributed by atoms with Crippen LogP contribution in [0.4, 0.5) is 0 Å². The maximum Gasteiger partial charge on any atom is 0.240 e. The number of carbonyl (C=O) groups excluding carboxylic acids is 1. The number of nitrogens with zero attached hydrogens (tertiary/aromatic N) is 4. The van der Waals surface area contributed by atoms with Crippen LogP contribution in [-0.4, -0.2) is 51.9 Å². The van der Waals surface area contributed by atoms with Crippen molar-refractivity contribution >= 4 is 29.0 Å². The second-order valence-electron chi connectivity index (χ2n) is 6.37. The van der Waals surface area contributed by atoms with E-state index in [2.05, 4.69) is 21.7 Å². The van der Waals surface area contributed by atoms with Crippen molar-refractivity contribution in [3.63, 3.8) is 0 Å². The Balaban J connectivity index is 1.65. The summed E-state index contributed by atoms with van der Waals surface area (Å²) in [5, 5.41) is 11.3. The smallest absolute Gasteiger partial charge is 0.240 e. The predicted molar refractivity (Wildman–Crippen MR) is 111 cm³/mol. The standard InChI is InChI=1S/C20H22N4O2S2/c1-2-24-18(16-9-6-14-27-16)21-22-20(24)28-17(15-7-4-3-5-8-15)19(25)23-10-12-26-13-11-23/h3-9,14,17H,2,10-13H2,1H3. The largest absolute Gasteiger partial charge is 0.378 e.